The zero-order valence-corrected chi connectivity index (χ0v) is 15.7. The number of hydrogen-bond donors (Lipinski definition) is 1. The van der Waals surface area contributed by atoms with Crippen LogP contribution in [0.25, 0.3) is 38.6 Å². The van der Waals surface area contributed by atoms with Crippen molar-refractivity contribution in [2.75, 3.05) is 0 Å². The van der Waals surface area contributed by atoms with E-state index < -0.39 is 5.97 Å². The van der Waals surface area contributed by atoms with Gasteiger partial charge in [0.2, 0.25) is 0 Å². The summed E-state index contributed by atoms with van der Waals surface area (Å²) in [5.74, 6) is -0.923. The zero-order chi connectivity index (χ0) is 20.0. The van der Waals surface area contributed by atoms with Gasteiger partial charge in [-0.15, -0.1) is 0 Å². The summed E-state index contributed by atoms with van der Waals surface area (Å²) < 4.78 is 2.21. The maximum atomic E-state index is 11.3. The van der Waals surface area contributed by atoms with Crippen molar-refractivity contribution < 1.29 is 9.90 Å². The summed E-state index contributed by atoms with van der Waals surface area (Å²) in [5.41, 5.74) is 6.45. The number of aryl methyl sites for hydroxylation is 1. The minimum absolute atomic E-state index is 0.286. The third-order valence-electron chi connectivity index (χ3n) is 5.26. The van der Waals surface area contributed by atoms with Crippen molar-refractivity contribution in [1.82, 2.24) is 14.5 Å². The summed E-state index contributed by atoms with van der Waals surface area (Å²) in [5, 5.41) is 11.4. The van der Waals surface area contributed by atoms with Crippen LogP contribution < -0.4 is 0 Å². The van der Waals surface area contributed by atoms with Gasteiger partial charge >= 0.3 is 5.97 Å². The van der Waals surface area contributed by atoms with E-state index in [1.54, 1.807) is 30.6 Å². The number of pyridine rings is 2. The first kappa shape index (κ1) is 17.1. The highest BCUT2D eigenvalue weighted by molar-refractivity contribution is 6.08. The number of nitrogens with zero attached hydrogens (tertiary/aromatic N) is 3. The Hall–Kier alpha value is -3.99. The van der Waals surface area contributed by atoms with Gasteiger partial charge in [-0.25, -0.2) is 4.79 Å². The van der Waals surface area contributed by atoms with Crippen molar-refractivity contribution in [3.8, 4) is 16.8 Å². The van der Waals surface area contributed by atoms with Gasteiger partial charge in [-0.1, -0.05) is 18.2 Å². The van der Waals surface area contributed by atoms with E-state index in [0.717, 1.165) is 44.2 Å². The van der Waals surface area contributed by atoms with Crippen LogP contribution in [0.3, 0.4) is 0 Å². The molecule has 1 N–H and O–H groups in total. The van der Waals surface area contributed by atoms with E-state index in [2.05, 4.69) is 26.7 Å². The van der Waals surface area contributed by atoms with Gasteiger partial charge in [-0.05, 0) is 60.0 Å². The van der Waals surface area contributed by atoms with Crippen LogP contribution in [0.2, 0.25) is 0 Å². The number of aromatic carboxylic acids is 1. The van der Waals surface area contributed by atoms with Gasteiger partial charge in [0.15, 0.2) is 0 Å². The molecule has 140 valence electrons. The molecule has 0 spiro atoms. The van der Waals surface area contributed by atoms with Crippen molar-refractivity contribution >= 4 is 27.8 Å². The topological polar surface area (TPSA) is 68.0 Å². The summed E-state index contributed by atoms with van der Waals surface area (Å²) >= 11 is 0. The SMILES string of the molecule is Cc1cc(-n2c3ccncc3c3cnccc32)ccc1-c1cccc(C(=O)O)c1. The molecule has 3 aromatic heterocycles. The van der Waals surface area contributed by atoms with Crippen LogP contribution >= 0.6 is 0 Å². The number of fused-ring (bicyclic) bond motifs is 3. The van der Waals surface area contributed by atoms with E-state index in [4.69, 9.17) is 0 Å². The lowest BCUT2D eigenvalue weighted by molar-refractivity contribution is 0.0697. The van der Waals surface area contributed by atoms with Gasteiger partial charge in [0.1, 0.15) is 0 Å². The molecule has 0 aliphatic carbocycles. The van der Waals surface area contributed by atoms with Crippen molar-refractivity contribution in [3.05, 3.63) is 90.5 Å². The van der Waals surface area contributed by atoms with Gasteiger partial charge in [-0.2, -0.15) is 0 Å². The Labute approximate surface area is 166 Å². The Balaban J connectivity index is 1.70. The third kappa shape index (κ3) is 2.75. The molecule has 0 bridgehead atoms. The number of carbonyl (C=O) groups is 1. The molecule has 0 atom stereocenters. The Kier molecular flexibility index (Phi) is 3.88. The fourth-order valence-electron chi connectivity index (χ4n) is 3.92. The fourth-order valence-corrected chi connectivity index (χ4v) is 3.92. The normalized spacial score (nSPS) is 11.2. The summed E-state index contributed by atoms with van der Waals surface area (Å²) in [6, 6.07) is 17.3. The average Bonchev–Trinajstić information content (AvgIpc) is 3.08. The molecule has 3 heterocycles. The third-order valence-corrected chi connectivity index (χ3v) is 5.26. The predicted molar refractivity (Wildman–Crippen MR) is 114 cm³/mol. The van der Waals surface area contributed by atoms with Gasteiger partial charge in [-0.3, -0.25) is 9.97 Å². The molecule has 5 nitrogen and oxygen atoms in total. The maximum Gasteiger partial charge on any atom is 0.335 e. The van der Waals surface area contributed by atoms with Crippen LogP contribution in [0.1, 0.15) is 15.9 Å². The van der Waals surface area contributed by atoms with Gasteiger partial charge < -0.3 is 9.67 Å². The summed E-state index contributed by atoms with van der Waals surface area (Å²) in [6.07, 6.45) is 7.33. The summed E-state index contributed by atoms with van der Waals surface area (Å²) in [6.45, 7) is 2.04. The second-order valence-electron chi connectivity index (χ2n) is 7.01. The van der Waals surface area contributed by atoms with E-state index in [9.17, 15) is 9.90 Å². The lowest BCUT2D eigenvalue weighted by Crippen LogP contribution is -1.97. The molecular formula is C24H17N3O2. The first-order chi connectivity index (χ1) is 14.1. The maximum absolute atomic E-state index is 11.3. The number of carboxylic acid groups (broad SMARTS) is 1. The molecule has 0 amide bonds. The molecule has 0 fully saturated rings. The highest BCUT2D eigenvalue weighted by Crippen LogP contribution is 2.33. The Morgan fingerprint density at radius 2 is 1.59 bits per heavy atom. The molecule has 0 saturated heterocycles. The largest absolute Gasteiger partial charge is 0.478 e. The molecule has 2 aromatic carbocycles. The molecule has 0 radical (unpaired) electrons. The second kappa shape index (κ2) is 6.56. The zero-order valence-electron chi connectivity index (χ0n) is 15.7. The second-order valence-corrected chi connectivity index (χ2v) is 7.01. The predicted octanol–water partition coefficient (Wildman–Crippen LogP) is 5.25. The minimum atomic E-state index is -0.923. The van der Waals surface area contributed by atoms with Crippen LogP contribution in [0.5, 0.6) is 0 Å². The van der Waals surface area contributed by atoms with Crippen molar-refractivity contribution in [2.24, 2.45) is 0 Å². The summed E-state index contributed by atoms with van der Waals surface area (Å²) in [7, 11) is 0. The molecular weight excluding hydrogens is 362 g/mol. The smallest absolute Gasteiger partial charge is 0.335 e. The van der Waals surface area contributed by atoms with Crippen LogP contribution in [0.15, 0.2) is 79.4 Å². The lowest BCUT2D eigenvalue weighted by Gasteiger charge is -2.12. The molecule has 5 heteroatoms. The molecule has 29 heavy (non-hydrogen) atoms. The van der Waals surface area contributed by atoms with E-state index in [1.807, 2.05) is 43.6 Å². The van der Waals surface area contributed by atoms with E-state index in [1.165, 1.54) is 0 Å². The van der Waals surface area contributed by atoms with E-state index >= 15 is 0 Å². The number of aromatic nitrogens is 3. The molecule has 0 aliphatic heterocycles. The minimum Gasteiger partial charge on any atom is -0.478 e. The fraction of sp³-hybridized carbons (Fsp3) is 0.0417. The van der Waals surface area contributed by atoms with Gasteiger partial charge in [0.05, 0.1) is 16.6 Å². The molecule has 0 unspecified atom stereocenters. The Morgan fingerprint density at radius 3 is 2.21 bits per heavy atom. The van der Waals surface area contributed by atoms with Crippen molar-refractivity contribution in [1.29, 1.82) is 0 Å². The Morgan fingerprint density at radius 1 is 0.897 bits per heavy atom. The number of hydrogen-bond acceptors (Lipinski definition) is 3. The van der Waals surface area contributed by atoms with E-state index in [-0.39, 0.29) is 5.56 Å². The first-order valence-corrected chi connectivity index (χ1v) is 9.26. The number of benzene rings is 2. The molecule has 5 rings (SSSR count). The lowest BCUT2D eigenvalue weighted by atomic mass is 9.98. The van der Waals surface area contributed by atoms with Crippen LogP contribution in [-0.2, 0) is 0 Å². The van der Waals surface area contributed by atoms with Crippen LogP contribution in [0, 0.1) is 6.92 Å². The van der Waals surface area contributed by atoms with Crippen molar-refractivity contribution in [2.45, 2.75) is 6.92 Å². The van der Waals surface area contributed by atoms with Crippen molar-refractivity contribution in [3.63, 3.8) is 0 Å². The number of carboxylic acids is 1. The van der Waals surface area contributed by atoms with E-state index in [0.29, 0.717) is 0 Å². The monoisotopic (exact) mass is 379 g/mol. The van der Waals surface area contributed by atoms with Gasteiger partial charge in [0, 0.05) is 41.2 Å². The molecule has 0 saturated carbocycles. The summed E-state index contributed by atoms with van der Waals surface area (Å²) in [4.78, 5) is 19.9. The number of rotatable bonds is 3. The highest BCUT2D eigenvalue weighted by atomic mass is 16.4. The van der Waals surface area contributed by atoms with Crippen LogP contribution in [-0.4, -0.2) is 25.6 Å². The first-order valence-electron chi connectivity index (χ1n) is 9.26. The van der Waals surface area contributed by atoms with Gasteiger partial charge in [0.25, 0.3) is 0 Å². The average molecular weight is 379 g/mol. The quantitative estimate of drug-likeness (QED) is 0.465. The molecule has 0 aliphatic rings. The highest BCUT2D eigenvalue weighted by Gasteiger charge is 2.13. The van der Waals surface area contributed by atoms with Crippen LogP contribution in [0.4, 0.5) is 0 Å². The standard InChI is InChI=1S/C24H17N3O2/c1-15-11-18(5-6-19(15)16-3-2-4-17(12-16)24(28)29)27-22-7-9-25-13-20(22)21-14-26-10-8-23(21)27/h2-14H,1H3,(H,28,29). The molecule has 5 aromatic rings. The Bertz CT molecular complexity index is 1350.